The van der Waals surface area contributed by atoms with Crippen molar-refractivity contribution in [2.75, 3.05) is 13.2 Å². The van der Waals surface area contributed by atoms with Crippen LogP contribution in [0.4, 0.5) is 17.6 Å². The fourth-order valence-electron chi connectivity index (χ4n) is 3.61. The number of hydrogen-bond acceptors (Lipinski definition) is 7. The highest BCUT2D eigenvalue weighted by atomic mass is 19.4. The van der Waals surface area contributed by atoms with Gasteiger partial charge < -0.3 is 19.2 Å². The third-order valence-corrected chi connectivity index (χ3v) is 5.79. The summed E-state index contributed by atoms with van der Waals surface area (Å²) < 4.78 is 69.7. The molecule has 1 N–H and O–H groups in total. The van der Waals surface area contributed by atoms with Gasteiger partial charge in [0.05, 0.1) is 18.8 Å². The van der Waals surface area contributed by atoms with Gasteiger partial charge in [-0.1, -0.05) is 12.8 Å². The van der Waals surface area contributed by atoms with Crippen LogP contribution in [-0.2, 0) is 15.9 Å². The van der Waals surface area contributed by atoms with Crippen LogP contribution in [0.1, 0.15) is 60.9 Å². The quantitative estimate of drug-likeness (QED) is 0.585. The topological polar surface area (TPSA) is 99.4 Å². The van der Waals surface area contributed by atoms with Crippen molar-refractivity contribution in [1.29, 1.82) is 0 Å². The molecule has 33 heavy (non-hydrogen) atoms. The molecule has 1 aliphatic carbocycles. The van der Waals surface area contributed by atoms with Gasteiger partial charge in [0.2, 0.25) is 11.8 Å². The number of carbonyl (C=O) groups is 1. The molecule has 2 aliphatic rings. The molecule has 2 fully saturated rings. The summed E-state index contributed by atoms with van der Waals surface area (Å²) in [6, 6.07) is 1.02. The lowest BCUT2D eigenvalue weighted by Gasteiger charge is -2.35. The maximum absolute atomic E-state index is 15.0. The van der Waals surface area contributed by atoms with Crippen molar-refractivity contribution in [3.05, 3.63) is 35.3 Å². The van der Waals surface area contributed by atoms with E-state index in [1.54, 1.807) is 13.8 Å². The first kappa shape index (κ1) is 23.4. The van der Waals surface area contributed by atoms with E-state index in [0.29, 0.717) is 18.2 Å². The maximum Gasteiger partial charge on any atom is 0.425 e. The van der Waals surface area contributed by atoms with Gasteiger partial charge >= 0.3 is 6.18 Å². The number of rotatable bonds is 8. The Kier molecular flexibility index (Phi) is 5.83. The van der Waals surface area contributed by atoms with Gasteiger partial charge in [-0.25, -0.2) is 4.39 Å². The van der Waals surface area contributed by atoms with Crippen LogP contribution in [0.25, 0.3) is 0 Å². The molecule has 0 radical (unpaired) electrons. The summed E-state index contributed by atoms with van der Waals surface area (Å²) >= 11 is 0. The van der Waals surface area contributed by atoms with E-state index in [4.69, 9.17) is 13.9 Å². The number of pyridine rings is 1. The Morgan fingerprint density at radius 1 is 1.33 bits per heavy atom. The van der Waals surface area contributed by atoms with E-state index in [1.165, 1.54) is 0 Å². The number of hydrogen-bond donors (Lipinski definition) is 1. The van der Waals surface area contributed by atoms with E-state index in [0.717, 1.165) is 32.0 Å². The molecule has 2 aromatic rings. The Balaban J connectivity index is 1.63. The number of aromatic nitrogens is 3. The lowest BCUT2D eigenvalue weighted by molar-refractivity contribution is -0.190. The smallest absolute Gasteiger partial charge is 0.425 e. The second-order valence-corrected chi connectivity index (χ2v) is 8.89. The largest absolute Gasteiger partial charge is 0.481 e. The molecule has 4 rings (SSSR count). The number of alkyl halides is 4. The predicted octanol–water partition coefficient (Wildman–Crippen LogP) is 3.74. The molecule has 2 atom stereocenters. The number of ether oxygens (including phenoxy) is 2. The Morgan fingerprint density at radius 3 is 2.55 bits per heavy atom. The molecule has 1 aliphatic heterocycles. The third kappa shape index (κ3) is 4.94. The fraction of sp³-hybridized carbons (Fsp3) is 0.619. The second-order valence-electron chi connectivity index (χ2n) is 8.89. The van der Waals surface area contributed by atoms with Crippen LogP contribution >= 0.6 is 0 Å². The summed E-state index contributed by atoms with van der Waals surface area (Å²) in [6.07, 6.45) is -3.34. The summed E-state index contributed by atoms with van der Waals surface area (Å²) in [4.78, 5) is 17.1. The highest BCUT2D eigenvalue weighted by molar-refractivity contribution is 5.93. The zero-order chi connectivity index (χ0) is 24.0. The van der Waals surface area contributed by atoms with E-state index in [9.17, 15) is 22.4 Å². The minimum absolute atomic E-state index is 0.199. The van der Waals surface area contributed by atoms with Crippen LogP contribution < -0.4 is 10.1 Å². The number of nitrogens with one attached hydrogen (secondary N) is 1. The van der Waals surface area contributed by atoms with E-state index in [1.807, 2.05) is 0 Å². The molecular weight excluding hydrogens is 448 g/mol. The Bertz CT molecular complexity index is 1040. The van der Waals surface area contributed by atoms with E-state index in [2.05, 4.69) is 20.5 Å². The van der Waals surface area contributed by atoms with Crippen molar-refractivity contribution >= 4 is 5.91 Å². The normalized spacial score (nSPS) is 20.5. The molecule has 12 heteroatoms. The van der Waals surface area contributed by atoms with Gasteiger partial charge in [0.15, 0.2) is 11.8 Å². The second kappa shape index (κ2) is 8.23. The standard InChI is InChI=1S/C21H24F4N4O4/c1-11(21(23,24)25)32-16-6-15(26-8-14(16)20(22)9-31-10-20)17(30)27-19(3,7-13-4-5-13)18-29-28-12(2)33-18/h6,8,11,13H,4-5,7,9-10H2,1-3H3,(H,27,30)/t11-,19?/m0/s1. The van der Waals surface area contributed by atoms with Crippen LogP contribution in [0, 0.1) is 12.8 Å². The zero-order valence-electron chi connectivity index (χ0n) is 18.3. The van der Waals surface area contributed by atoms with Crippen molar-refractivity contribution in [1.82, 2.24) is 20.5 Å². The molecular formula is C21H24F4N4O4. The number of nitrogens with zero attached hydrogens (tertiary/aromatic N) is 3. The molecule has 1 unspecified atom stereocenters. The van der Waals surface area contributed by atoms with Crippen molar-refractivity contribution in [2.45, 2.75) is 63.5 Å². The third-order valence-electron chi connectivity index (χ3n) is 5.79. The number of halogens is 4. The summed E-state index contributed by atoms with van der Waals surface area (Å²) in [5.41, 5.74) is -3.48. The van der Waals surface area contributed by atoms with Crippen molar-refractivity contribution in [3.63, 3.8) is 0 Å². The first-order chi connectivity index (χ1) is 15.4. The van der Waals surface area contributed by atoms with E-state index < -0.39 is 35.1 Å². The SMILES string of the molecule is Cc1nnc(C(C)(CC2CC2)NC(=O)c2cc(O[C@@H](C)C(F)(F)F)c(C3(F)COC3)cn2)o1. The van der Waals surface area contributed by atoms with Crippen molar-refractivity contribution < 1.29 is 36.2 Å². The number of aryl methyl sites for hydroxylation is 1. The number of amides is 1. The highest BCUT2D eigenvalue weighted by Gasteiger charge is 2.46. The molecule has 1 amide bonds. The van der Waals surface area contributed by atoms with Crippen molar-refractivity contribution in [2.24, 2.45) is 5.92 Å². The minimum Gasteiger partial charge on any atom is -0.481 e. The maximum atomic E-state index is 15.0. The number of carbonyl (C=O) groups excluding carboxylic acids is 1. The molecule has 0 aromatic carbocycles. The highest BCUT2D eigenvalue weighted by Crippen LogP contribution is 2.42. The molecule has 180 valence electrons. The monoisotopic (exact) mass is 472 g/mol. The van der Waals surface area contributed by atoms with Gasteiger partial charge in [-0.3, -0.25) is 9.78 Å². The zero-order valence-corrected chi connectivity index (χ0v) is 18.3. The van der Waals surface area contributed by atoms with Crippen LogP contribution in [-0.4, -0.2) is 46.6 Å². The van der Waals surface area contributed by atoms with Gasteiger partial charge in [0.25, 0.3) is 5.91 Å². The first-order valence-electron chi connectivity index (χ1n) is 10.5. The predicted molar refractivity (Wildman–Crippen MR) is 105 cm³/mol. The lowest BCUT2D eigenvalue weighted by atomic mass is 9.93. The Labute approximate surface area is 187 Å². The van der Waals surface area contributed by atoms with Crippen LogP contribution in [0.3, 0.4) is 0 Å². The first-order valence-corrected chi connectivity index (χ1v) is 10.5. The summed E-state index contributed by atoms with van der Waals surface area (Å²) in [7, 11) is 0. The van der Waals surface area contributed by atoms with Gasteiger partial charge in [0.1, 0.15) is 17.0 Å². The molecule has 0 spiro atoms. The lowest BCUT2D eigenvalue weighted by Crippen LogP contribution is -2.45. The van der Waals surface area contributed by atoms with Gasteiger partial charge in [-0.05, 0) is 26.2 Å². The van der Waals surface area contributed by atoms with Gasteiger partial charge in [-0.2, -0.15) is 13.2 Å². The van der Waals surface area contributed by atoms with Crippen LogP contribution in [0.5, 0.6) is 5.75 Å². The molecule has 0 bridgehead atoms. The molecule has 3 heterocycles. The van der Waals surface area contributed by atoms with Crippen molar-refractivity contribution in [3.8, 4) is 5.75 Å². The Morgan fingerprint density at radius 2 is 2.03 bits per heavy atom. The van der Waals surface area contributed by atoms with Crippen LogP contribution in [0.2, 0.25) is 0 Å². The van der Waals surface area contributed by atoms with E-state index >= 15 is 0 Å². The van der Waals surface area contributed by atoms with Gasteiger partial charge in [-0.15, -0.1) is 10.2 Å². The summed E-state index contributed by atoms with van der Waals surface area (Å²) in [5, 5.41) is 10.7. The summed E-state index contributed by atoms with van der Waals surface area (Å²) in [6.45, 7) is 3.48. The average Bonchev–Trinajstić information content (AvgIpc) is 3.40. The van der Waals surface area contributed by atoms with Crippen LogP contribution in [0.15, 0.2) is 16.7 Å². The molecule has 2 aromatic heterocycles. The Hall–Kier alpha value is -2.76. The fourth-order valence-corrected chi connectivity index (χ4v) is 3.61. The van der Waals surface area contributed by atoms with Gasteiger partial charge in [0, 0.05) is 19.2 Å². The summed E-state index contributed by atoms with van der Waals surface area (Å²) in [5.74, 6) is -0.189. The molecule has 1 saturated heterocycles. The van der Waals surface area contributed by atoms with E-state index in [-0.39, 0.29) is 30.4 Å². The molecule has 8 nitrogen and oxygen atoms in total. The molecule has 1 saturated carbocycles. The minimum atomic E-state index is -4.68. The average molecular weight is 472 g/mol.